The van der Waals surface area contributed by atoms with Crippen LogP contribution in [0.2, 0.25) is 0 Å². The van der Waals surface area contributed by atoms with E-state index >= 15 is 0 Å². The second kappa shape index (κ2) is 8.14. The van der Waals surface area contributed by atoms with Gasteiger partial charge in [-0.15, -0.1) is 0 Å². The molecule has 2 aliphatic heterocycles. The Morgan fingerprint density at radius 1 is 1.19 bits per heavy atom. The minimum absolute atomic E-state index is 0.298. The van der Waals surface area contributed by atoms with E-state index in [4.69, 9.17) is 0 Å². The van der Waals surface area contributed by atoms with Gasteiger partial charge in [-0.2, -0.15) is 0 Å². The van der Waals surface area contributed by atoms with Gasteiger partial charge in [0.1, 0.15) is 5.78 Å². The highest BCUT2D eigenvalue weighted by Gasteiger charge is 2.40. The Bertz CT molecular complexity index is 701. The summed E-state index contributed by atoms with van der Waals surface area (Å²) in [6.45, 7) is 5.94. The number of nitrogens with zero attached hydrogens (tertiary/aromatic N) is 2. The summed E-state index contributed by atoms with van der Waals surface area (Å²) in [5.41, 5.74) is 2.68. The highest BCUT2D eigenvalue weighted by molar-refractivity contribution is 5.80. The van der Waals surface area contributed by atoms with E-state index in [0.717, 1.165) is 64.7 Å². The van der Waals surface area contributed by atoms with Gasteiger partial charge in [0.15, 0.2) is 0 Å². The molecule has 4 nitrogen and oxygen atoms in total. The lowest BCUT2D eigenvalue weighted by atomic mass is 9.73. The Morgan fingerprint density at radius 3 is 2.81 bits per heavy atom. The minimum atomic E-state index is 0.298. The van der Waals surface area contributed by atoms with Gasteiger partial charge in [0.05, 0.1) is 0 Å². The molecule has 0 N–H and O–H groups in total. The highest BCUT2D eigenvalue weighted by Crippen LogP contribution is 2.37. The molecule has 146 valence electrons. The highest BCUT2D eigenvalue weighted by atomic mass is 16.2. The molecule has 2 heterocycles. The molecule has 27 heavy (non-hydrogen) atoms. The summed E-state index contributed by atoms with van der Waals surface area (Å²) in [7, 11) is 0. The molecule has 3 aliphatic rings. The molecule has 4 rings (SSSR count). The van der Waals surface area contributed by atoms with Crippen molar-refractivity contribution in [2.24, 2.45) is 11.8 Å². The van der Waals surface area contributed by atoms with Crippen molar-refractivity contribution in [1.82, 2.24) is 9.80 Å². The first kappa shape index (κ1) is 18.7. The van der Waals surface area contributed by atoms with E-state index in [-0.39, 0.29) is 0 Å². The quantitative estimate of drug-likeness (QED) is 0.817. The Hall–Kier alpha value is -1.68. The largest absolute Gasteiger partial charge is 0.338 e. The van der Waals surface area contributed by atoms with Crippen LogP contribution in [0.15, 0.2) is 24.3 Å². The lowest BCUT2D eigenvalue weighted by Gasteiger charge is -2.47. The number of amides is 1. The fraction of sp³-hybridized carbons (Fsp3) is 0.652. The predicted octanol–water partition coefficient (Wildman–Crippen LogP) is 3.43. The van der Waals surface area contributed by atoms with E-state index in [9.17, 15) is 9.59 Å². The van der Waals surface area contributed by atoms with Gasteiger partial charge in [-0.25, -0.2) is 0 Å². The van der Waals surface area contributed by atoms with Crippen LogP contribution >= 0.6 is 0 Å². The zero-order valence-electron chi connectivity index (χ0n) is 16.5. The van der Waals surface area contributed by atoms with Crippen LogP contribution in [0.25, 0.3) is 0 Å². The molecule has 1 saturated carbocycles. The number of Topliss-reactive ketones (excluding diaryl/α,β-unsaturated/α-hetero) is 1. The molecule has 1 aromatic carbocycles. The summed E-state index contributed by atoms with van der Waals surface area (Å²) in [5, 5.41) is 0. The van der Waals surface area contributed by atoms with Gasteiger partial charge in [0.25, 0.3) is 0 Å². The van der Waals surface area contributed by atoms with Crippen LogP contribution in [-0.4, -0.2) is 47.2 Å². The van der Waals surface area contributed by atoms with Crippen LogP contribution in [0, 0.1) is 11.8 Å². The Kier molecular flexibility index (Phi) is 5.63. The van der Waals surface area contributed by atoms with Crippen LogP contribution in [0.5, 0.6) is 0 Å². The average Bonchev–Trinajstić information content (AvgIpc) is 2.67. The van der Waals surface area contributed by atoms with Gasteiger partial charge in [0.2, 0.25) is 5.91 Å². The molecule has 0 unspecified atom stereocenters. The van der Waals surface area contributed by atoms with Crippen molar-refractivity contribution in [2.75, 3.05) is 19.6 Å². The number of benzene rings is 1. The smallest absolute Gasteiger partial charge is 0.223 e. The Morgan fingerprint density at radius 2 is 2.00 bits per heavy atom. The lowest BCUT2D eigenvalue weighted by Crippen LogP contribution is -2.52. The number of hydrogen-bond acceptors (Lipinski definition) is 3. The van der Waals surface area contributed by atoms with E-state index in [2.05, 4.69) is 36.1 Å². The van der Waals surface area contributed by atoms with Crippen molar-refractivity contribution in [1.29, 1.82) is 0 Å². The topological polar surface area (TPSA) is 40.6 Å². The zero-order chi connectivity index (χ0) is 18.8. The summed E-state index contributed by atoms with van der Waals surface area (Å²) in [4.78, 5) is 29.6. The molecule has 1 aromatic rings. The molecule has 3 atom stereocenters. The number of ketones is 1. The third-order valence-corrected chi connectivity index (χ3v) is 6.81. The molecule has 2 fully saturated rings. The fourth-order valence-corrected chi connectivity index (χ4v) is 5.54. The van der Waals surface area contributed by atoms with Gasteiger partial charge in [-0.05, 0) is 55.2 Å². The van der Waals surface area contributed by atoms with Crippen molar-refractivity contribution >= 4 is 11.7 Å². The molecule has 0 aromatic heterocycles. The summed E-state index contributed by atoms with van der Waals surface area (Å²) in [6.07, 6.45) is 6.29. The van der Waals surface area contributed by atoms with Crippen LogP contribution in [0.3, 0.4) is 0 Å². The van der Waals surface area contributed by atoms with Crippen LogP contribution < -0.4 is 0 Å². The van der Waals surface area contributed by atoms with Crippen LogP contribution in [-0.2, 0) is 22.6 Å². The van der Waals surface area contributed by atoms with Crippen LogP contribution in [0.1, 0.15) is 56.6 Å². The molecule has 1 saturated heterocycles. The maximum atomic E-state index is 13.0. The summed E-state index contributed by atoms with van der Waals surface area (Å²) in [5.74, 6) is 1.58. The summed E-state index contributed by atoms with van der Waals surface area (Å²) in [6, 6.07) is 9.05. The summed E-state index contributed by atoms with van der Waals surface area (Å²) >= 11 is 0. The fourth-order valence-electron chi connectivity index (χ4n) is 5.54. The third-order valence-electron chi connectivity index (χ3n) is 6.81. The lowest BCUT2D eigenvalue weighted by molar-refractivity contribution is -0.134. The second-order valence-electron chi connectivity index (χ2n) is 8.74. The standard InChI is InChI=1S/C23H32N2O2/c1-2-10-24-15-17(12-20-14-21(26)7-8-22(20)24)13-23(27)25-11-9-18-5-3-4-6-19(18)16-25/h3-6,17,20,22H,2,7-16H2,1H3/t17-,20-,22-/m1/s1. The number of hydrogen-bond donors (Lipinski definition) is 0. The summed E-state index contributed by atoms with van der Waals surface area (Å²) < 4.78 is 0. The van der Waals surface area contributed by atoms with E-state index < -0.39 is 0 Å². The van der Waals surface area contributed by atoms with Gasteiger partial charge in [0, 0.05) is 44.9 Å². The van der Waals surface area contributed by atoms with Crippen molar-refractivity contribution < 1.29 is 9.59 Å². The third kappa shape index (κ3) is 4.11. The molecule has 0 bridgehead atoms. The molecule has 0 radical (unpaired) electrons. The molecular weight excluding hydrogens is 336 g/mol. The van der Waals surface area contributed by atoms with Crippen molar-refractivity contribution in [3.63, 3.8) is 0 Å². The number of carbonyl (C=O) groups is 2. The Labute approximate surface area is 162 Å². The number of rotatable bonds is 4. The maximum Gasteiger partial charge on any atom is 0.223 e. The number of likely N-dealkylation sites (tertiary alicyclic amines) is 1. The molecule has 1 amide bonds. The predicted molar refractivity (Wildman–Crippen MR) is 106 cm³/mol. The molecule has 4 heteroatoms. The zero-order valence-corrected chi connectivity index (χ0v) is 16.5. The SMILES string of the molecule is CCCN1C[C@@H](CC(=O)N2CCc3ccccc3C2)C[C@@H]2CC(=O)CC[C@H]21. The minimum Gasteiger partial charge on any atom is -0.338 e. The van der Waals surface area contributed by atoms with Gasteiger partial charge < -0.3 is 4.90 Å². The van der Waals surface area contributed by atoms with Crippen molar-refractivity contribution in [3.05, 3.63) is 35.4 Å². The van der Waals surface area contributed by atoms with E-state index in [0.29, 0.717) is 36.0 Å². The first-order valence-corrected chi connectivity index (χ1v) is 10.7. The van der Waals surface area contributed by atoms with Crippen molar-refractivity contribution in [2.45, 2.75) is 64.5 Å². The van der Waals surface area contributed by atoms with Gasteiger partial charge >= 0.3 is 0 Å². The van der Waals surface area contributed by atoms with E-state index in [1.165, 1.54) is 11.1 Å². The van der Waals surface area contributed by atoms with Gasteiger partial charge in [-0.3, -0.25) is 14.5 Å². The van der Waals surface area contributed by atoms with Crippen LogP contribution in [0.4, 0.5) is 0 Å². The number of carbonyl (C=O) groups excluding carboxylic acids is 2. The normalized spacial score (nSPS) is 28.6. The van der Waals surface area contributed by atoms with E-state index in [1.54, 1.807) is 0 Å². The number of piperidine rings is 1. The van der Waals surface area contributed by atoms with E-state index in [1.807, 2.05) is 4.90 Å². The second-order valence-corrected chi connectivity index (χ2v) is 8.74. The first-order valence-electron chi connectivity index (χ1n) is 10.7. The molecule has 0 spiro atoms. The monoisotopic (exact) mass is 368 g/mol. The number of fused-ring (bicyclic) bond motifs is 2. The Balaban J connectivity index is 1.39. The molecular formula is C23H32N2O2. The van der Waals surface area contributed by atoms with Gasteiger partial charge in [-0.1, -0.05) is 31.2 Å². The average molecular weight is 369 g/mol. The first-order chi connectivity index (χ1) is 13.1. The molecule has 1 aliphatic carbocycles. The maximum absolute atomic E-state index is 13.0. The van der Waals surface area contributed by atoms with Crippen molar-refractivity contribution in [3.8, 4) is 0 Å².